The van der Waals surface area contributed by atoms with E-state index in [1.54, 1.807) is 26.2 Å². The standard InChI is InChI=1S/C25H33N5O9S3/c1-24(2,3)22(34)37-11-36-21(33)17-14(40-8-12-7-38-25(4,5)39-12)10-41-20-16(19(32)30(17)20)28-18(31)15(29-35-6)13-9-42-23(26)27-13/h9,12,16,20H,7-8,10-11H2,1-6H3,(H2,26,27)(H,28,31)/t12?,16?,20-/m0/s1. The smallest absolute Gasteiger partial charge is 0.358 e. The number of fused-ring (bicyclic) bond motifs is 1. The van der Waals surface area contributed by atoms with Gasteiger partial charge < -0.3 is 34.8 Å². The molecule has 4 rings (SSSR count). The number of nitrogens with two attached hydrogens (primary N) is 1. The maximum Gasteiger partial charge on any atom is 0.358 e. The number of nitrogens with one attached hydrogen (secondary N) is 1. The molecule has 1 aromatic rings. The topological polar surface area (TPSA) is 181 Å². The summed E-state index contributed by atoms with van der Waals surface area (Å²) in [5.74, 6) is -2.47. The van der Waals surface area contributed by atoms with E-state index in [2.05, 4.69) is 15.5 Å². The number of hydrogen-bond donors (Lipinski definition) is 2. The Morgan fingerprint density at radius 1 is 1.31 bits per heavy atom. The average Bonchev–Trinajstić information content (AvgIpc) is 3.51. The number of hydrogen-bond acceptors (Lipinski definition) is 15. The quantitative estimate of drug-likeness (QED) is 0.124. The molecule has 42 heavy (non-hydrogen) atoms. The van der Waals surface area contributed by atoms with Crippen LogP contribution in [0.2, 0.25) is 0 Å². The number of oxime groups is 1. The van der Waals surface area contributed by atoms with Gasteiger partial charge in [0.25, 0.3) is 11.8 Å². The number of thioether (sulfide) groups is 2. The molecular weight excluding hydrogens is 611 g/mol. The number of aromatic nitrogens is 1. The Labute approximate surface area is 255 Å². The molecule has 0 radical (unpaired) electrons. The summed E-state index contributed by atoms with van der Waals surface area (Å²) in [5.41, 5.74) is 4.99. The van der Waals surface area contributed by atoms with Gasteiger partial charge in [0.05, 0.1) is 18.1 Å². The van der Waals surface area contributed by atoms with Crippen molar-refractivity contribution in [3.8, 4) is 0 Å². The second-order valence-electron chi connectivity index (χ2n) is 10.8. The zero-order valence-corrected chi connectivity index (χ0v) is 26.4. The number of β-lactam (4-membered cyclic amide) rings is 1. The first-order valence-corrected chi connectivity index (χ1v) is 15.7. The van der Waals surface area contributed by atoms with Crippen molar-refractivity contribution < 1.29 is 43.0 Å². The SMILES string of the molecule is CON=C(C(=O)NC1C(=O)N2C(C(=O)OCOC(=O)C(C)(C)C)=C(SCC3COC(C)(C)O3)CS[C@@H]12)c1csc(N)n1. The van der Waals surface area contributed by atoms with Crippen molar-refractivity contribution in [2.45, 2.75) is 57.9 Å². The third kappa shape index (κ3) is 7.19. The van der Waals surface area contributed by atoms with Crippen LogP contribution in [0.25, 0.3) is 0 Å². The van der Waals surface area contributed by atoms with Crippen molar-refractivity contribution in [2.24, 2.45) is 10.6 Å². The van der Waals surface area contributed by atoms with Gasteiger partial charge in [-0.25, -0.2) is 9.78 Å². The van der Waals surface area contributed by atoms with Gasteiger partial charge in [0, 0.05) is 21.8 Å². The summed E-state index contributed by atoms with van der Waals surface area (Å²) in [7, 11) is 1.28. The normalized spacial score (nSPS) is 23.7. The van der Waals surface area contributed by atoms with E-state index in [4.69, 9.17) is 29.5 Å². The van der Waals surface area contributed by atoms with E-state index in [9.17, 15) is 19.2 Å². The van der Waals surface area contributed by atoms with Crippen LogP contribution >= 0.6 is 34.9 Å². The van der Waals surface area contributed by atoms with Crippen molar-refractivity contribution in [2.75, 3.05) is 37.7 Å². The lowest BCUT2D eigenvalue weighted by Crippen LogP contribution is -2.71. The Morgan fingerprint density at radius 2 is 2.05 bits per heavy atom. The Kier molecular flexibility index (Phi) is 9.76. The summed E-state index contributed by atoms with van der Waals surface area (Å²) in [6.07, 6.45) is -0.220. The molecule has 3 aliphatic rings. The van der Waals surface area contributed by atoms with Crippen LogP contribution in [0, 0.1) is 5.41 Å². The second-order valence-corrected chi connectivity index (χ2v) is 13.9. The molecule has 3 N–H and O–H groups in total. The first-order chi connectivity index (χ1) is 19.7. The Hall–Kier alpha value is -2.86. The fourth-order valence-corrected chi connectivity index (χ4v) is 7.20. The van der Waals surface area contributed by atoms with Gasteiger partial charge in [-0.1, -0.05) is 5.16 Å². The molecule has 2 fully saturated rings. The summed E-state index contributed by atoms with van der Waals surface area (Å²) in [6.45, 7) is 8.43. The highest BCUT2D eigenvalue weighted by atomic mass is 32.2. The predicted molar refractivity (Wildman–Crippen MR) is 156 cm³/mol. The highest BCUT2D eigenvalue weighted by Gasteiger charge is 2.55. The van der Waals surface area contributed by atoms with Gasteiger partial charge in [0.2, 0.25) is 6.79 Å². The maximum absolute atomic E-state index is 13.4. The van der Waals surface area contributed by atoms with Crippen molar-refractivity contribution in [3.63, 3.8) is 0 Å². The van der Waals surface area contributed by atoms with E-state index in [0.717, 1.165) is 11.3 Å². The number of carbonyl (C=O) groups excluding carboxylic acids is 4. The lowest BCUT2D eigenvalue weighted by Gasteiger charge is -2.49. The molecule has 3 atom stereocenters. The van der Waals surface area contributed by atoms with E-state index in [0.29, 0.717) is 23.0 Å². The molecule has 0 bridgehead atoms. The van der Waals surface area contributed by atoms with Crippen molar-refractivity contribution in [1.82, 2.24) is 15.2 Å². The van der Waals surface area contributed by atoms with Gasteiger partial charge in [-0.2, -0.15) is 0 Å². The number of rotatable bonds is 10. The van der Waals surface area contributed by atoms with Crippen LogP contribution in [-0.4, -0.2) is 94.7 Å². The van der Waals surface area contributed by atoms with E-state index >= 15 is 0 Å². The second kappa shape index (κ2) is 12.8. The van der Waals surface area contributed by atoms with Gasteiger partial charge >= 0.3 is 11.9 Å². The molecule has 1 aromatic heterocycles. The third-order valence-electron chi connectivity index (χ3n) is 6.08. The van der Waals surface area contributed by atoms with E-state index in [1.165, 1.54) is 35.5 Å². The largest absolute Gasteiger partial charge is 0.427 e. The Bertz CT molecular complexity index is 1310. The number of anilines is 1. The molecule has 2 unspecified atom stereocenters. The molecule has 230 valence electrons. The van der Waals surface area contributed by atoms with E-state index in [-0.39, 0.29) is 28.3 Å². The van der Waals surface area contributed by atoms with Gasteiger partial charge in [0.1, 0.15) is 29.9 Å². The van der Waals surface area contributed by atoms with Crippen LogP contribution in [0.5, 0.6) is 0 Å². The summed E-state index contributed by atoms with van der Waals surface area (Å²) >= 11 is 3.85. The van der Waals surface area contributed by atoms with Crippen molar-refractivity contribution in [1.29, 1.82) is 0 Å². The minimum atomic E-state index is -0.957. The van der Waals surface area contributed by atoms with Gasteiger partial charge in [-0.05, 0) is 34.6 Å². The van der Waals surface area contributed by atoms with Crippen LogP contribution in [0.4, 0.5) is 5.13 Å². The number of carbonyl (C=O) groups is 4. The molecular formula is C25H33N5O9S3. The molecule has 0 saturated carbocycles. The lowest BCUT2D eigenvalue weighted by atomic mass is 9.98. The van der Waals surface area contributed by atoms with Gasteiger partial charge in [0.15, 0.2) is 16.6 Å². The first kappa shape index (κ1) is 32.1. The molecule has 0 aromatic carbocycles. The highest BCUT2D eigenvalue weighted by Crippen LogP contribution is 2.44. The van der Waals surface area contributed by atoms with E-state index in [1.807, 2.05) is 13.8 Å². The molecule has 3 aliphatic heterocycles. The van der Waals surface area contributed by atoms with Gasteiger partial charge in [-0.3, -0.25) is 19.3 Å². The molecule has 4 heterocycles. The number of esters is 2. The van der Waals surface area contributed by atoms with Crippen LogP contribution in [0.15, 0.2) is 21.1 Å². The number of amides is 2. The molecule has 0 spiro atoms. The monoisotopic (exact) mass is 643 g/mol. The van der Waals surface area contributed by atoms with Crippen LogP contribution in [0.3, 0.4) is 0 Å². The van der Waals surface area contributed by atoms with Crippen LogP contribution in [-0.2, 0) is 43.0 Å². The third-order valence-corrected chi connectivity index (χ3v) is 9.44. The molecule has 2 amide bonds. The van der Waals surface area contributed by atoms with Gasteiger partial charge in [-0.15, -0.1) is 34.9 Å². The summed E-state index contributed by atoms with van der Waals surface area (Å²) < 4.78 is 21.9. The number of nitrogens with zero attached hydrogens (tertiary/aromatic N) is 3. The Morgan fingerprint density at radius 3 is 2.64 bits per heavy atom. The number of thiazole rings is 1. The first-order valence-electron chi connectivity index (χ1n) is 12.8. The van der Waals surface area contributed by atoms with Crippen molar-refractivity contribution >= 4 is 69.5 Å². The van der Waals surface area contributed by atoms with E-state index < -0.39 is 53.2 Å². The summed E-state index contributed by atoms with van der Waals surface area (Å²) in [6, 6.07) is -0.957. The number of ether oxygens (including phenoxy) is 4. The molecule has 14 nitrogen and oxygen atoms in total. The maximum atomic E-state index is 13.4. The number of nitrogen functional groups attached to an aromatic ring is 1. The fraction of sp³-hybridized carbons (Fsp3) is 0.600. The van der Waals surface area contributed by atoms with Crippen LogP contribution < -0.4 is 11.1 Å². The minimum Gasteiger partial charge on any atom is -0.427 e. The zero-order chi connectivity index (χ0) is 30.8. The lowest BCUT2D eigenvalue weighted by molar-refractivity contribution is -0.173. The average molecular weight is 644 g/mol. The Balaban J connectivity index is 1.50. The molecule has 17 heteroatoms. The van der Waals surface area contributed by atoms with Crippen molar-refractivity contribution in [3.05, 3.63) is 21.7 Å². The predicted octanol–water partition coefficient (Wildman–Crippen LogP) is 1.66. The highest BCUT2D eigenvalue weighted by molar-refractivity contribution is 8.06. The zero-order valence-electron chi connectivity index (χ0n) is 24.0. The molecule has 0 aliphatic carbocycles. The minimum absolute atomic E-state index is 0.0299. The summed E-state index contributed by atoms with van der Waals surface area (Å²) in [4.78, 5) is 62.6. The fourth-order valence-electron chi connectivity index (χ4n) is 4.05. The molecule has 2 saturated heterocycles. The summed E-state index contributed by atoms with van der Waals surface area (Å²) in [5, 5.41) is 7.60. The van der Waals surface area contributed by atoms with Crippen LogP contribution in [0.1, 0.15) is 40.3 Å².